The first-order chi connectivity index (χ1) is 11.7. The summed E-state index contributed by atoms with van der Waals surface area (Å²) in [6, 6.07) is 6.68. The van der Waals surface area contributed by atoms with Gasteiger partial charge in [0.15, 0.2) is 5.96 Å². The smallest absolute Gasteiger partial charge is 0.191 e. The highest BCUT2D eigenvalue weighted by molar-refractivity contribution is 14.0. The summed E-state index contributed by atoms with van der Waals surface area (Å²) in [6.45, 7) is 10.4. The van der Waals surface area contributed by atoms with E-state index in [9.17, 15) is 4.39 Å². The van der Waals surface area contributed by atoms with Crippen LogP contribution in [0.4, 0.5) is 4.39 Å². The summed E-state index contributed by atoms with van der Waals surface area (Å²) in [4.78, 5) is 7.25. The fourth-order valence-corrected chi connectivity index (χ4v) is 3.03. The highest BCUT2D eigenvalue weighted by Gasteiger charge is 2.14. The van der Waals surface area contributed by atoms with E-state index in [1.165, 1.54) is 38.1 Å². The molecule has 1 fully saturated rings. The van der Waals surface area contributed by atoms with Gasteiger partial charge in [-0.2, -0.15) is 0 Å². The van der Waals surface area contributed by atoms with Crippen LogP contribution < -0.4 is 10.6 Å². The van der Waals surface area contributed by atoms with Crippen LogP contribution in [0, 0.1) is 11.7 Å². The van der Waals surface area contributed by atoms with Crippen molar-refractivity contribution in [2.24, 2.45) is 10.9 Å². The van der Waals surface area contributed by atoms with Gasteiger partial charge in [0, 0.05) is 26.2 Å². The molecule has 2 rings (SSSR count). The summed E-state index contributed by atoms with van der Waals surface area (Å²) in [5.41, 5.74) is 1.13. The van der Waals surface area contributed by atoms with Gasteiger partial charge in [-0.1, -0.05) is 19.1 Å². The first-order valence-corrected chi connectivity index (χ1v) is 9.16. The van der Waals surface area contributed by atoms with E-state index in [2.05, 4.69) is 29.4 Å². The van der Waals surface area contributed by atoms with Crippen LogP contribution >= 0.6 is 24.0 Å². The molecule has 1 saturated heterocycles. The molecule has 142 valence electrons. The third-order valence-electron chi connectivity index (χ3n) is 4.29. The largest absolute Gasteiger partial charge is 0.357 e. The van der Waals surface area contributed by atoms with E-state index in [1.54, 1.807) is 0 Å². The minimum absolute atomic E-state index is 0. The molecule has 25 heavy (non-hydrogen) atoms. The average Bonchev–Trinajstić information content (AvgIpc) is 3.07. The Morgan fingerprint density at radius 1 is 1.20 bits per heavy atom. The third kappa shape index (κ3) is 8.85. The van der Waals surface area contributed by atoms with E-state index in [0.29, 0.717) is 5.92 Å². The molecule has 1 aromatic carbocycles. The lowest BCUT2D eigenvalue weighted by Crippen LogP contribution is -2.39. The van der Waals surface area contributed by atoms with Crippen LogP contribution in [0.3, 0.4) is 0 Å². The molecule has 0 aliphatic carbocycles. The van der Waals surface area contributed by atoms with Crippen LogP contribution in [0.15, 0.2) is 29.3 Å². The van der Waals surface area contributed by atoms with Crippen molar-refractivity contribution in [3.05, 3.63) is 35.6 Å². The number of nitrogens with one attached hydrogen (secondary N) is 2. The second-order valence-corrected chi connectivity index (χ2v) is 6.64. The second-order valence-electron chi connectivity index (χ2n) is 6.64. The highest BCUT2D eigenvalue weighted by atomic mass is 127. The van der Waals surface area contributed by atoms with E-state index in [0.717, 1.165) is 44.1 Å². The van der Waals surface area contributed by atoms with Gasteiger partial charge in [0.25, 0.3) is 0 Å². The number of guanidine groups is 1. The molecule has 0 aromatic heterocycles. The van der Waals surface area contributed by atoms with E-state index in [1.807, 2.05) is 12.1 Å². The minimum atomic E-state index is -0.186. The molecule has 1 aliphatic rings. The Morgan fingerprint density at radius 2 is 1.88 bits per heavy atom. The van der Waals surface area contributed by atoms with E-state index >= 15 is 0 Å². The lowest BCUT2D eigenvalue weighted by molar-refractivity contribution is 0.291. The number of likely N-dealkylation sites (tertiary alicyclic amines) is 1. The molecule has 1 aromatic rings. The maximum Gasteiger partial charge on any atom is 0.191 e. The Hall–Kier alpha value is -0.890. The van der Waals surface area contributed by atoms with Gasteiger partial charge < -0.3 is 15.5 Å². The molecule has 0 radical (unpaired) electrons. The summed E-state index contributed by atoms with van der Waals surface area (Å²) in [5, 5.41) is 6.66. The molecule has 1 aliphatic heterocycles. The molecule has 1 unspecified atom stereocenters. The lowest BCUT2D eigenvalue weighted by Gasteiger charge is -2.19. The van der Waals surface area contributed by atoms with E-state index < -0.39 is 0 Å². The number of nitrogens with zero attached hydrogens (tertiary/aromatic N) is 2. The van der Waals surface area contributed by atoms with Gasteiger partial charge in [-0.3, -0.25) is 4.99 Å². The first-order valence-electron chi connectivity index (χ1n) is 9.16. The summed E-state index contributed by atoms with van der Waals surface area (Å²) in [6.07, 6.45) is 3.53. The minimum Gasteiger partial charge on any atom is -0.357 e. The Kier molecular flexibility index (Phi) is 11.0. The van der Waals surface area contributed by atoms with Crippen LogP contribution in [0.25, 0.3) is 0 Å². The Balaban J connectivity index is 0.00000312. The van der Waals surface area contributed by atoms with Crippen molar-refractivity contribution in [2.75, 3.05) is 39.3 Å². The molecule has 4 nitrogen and oxygen atoms in total. The van der Waals surface area contributed by atoms with Gasteiger partial charge in [0.1, 0.15) is 5.82 Å². The van der Waals surface area contributed by atoms with Gasteiger partial charge >= 0.3 is 0 Å². The van der Waals surface area contributed by atoms with Crippen LogP contribution in [0.2, 0.25) is 0 Å². The van der Waals surface area contributed by atoms with Gasteiger partial charge in [0.2, 0.25) is 0 Å². The van der Waals surface area contributed by atoms with Gasteiger partial charge in [-0.05, 0) is 62.9 Å². The molecular weight excluding hydrogens is 430 g/mol. The highest BCUT2D eigenvalue weighted by Crippen LogP contribution is 2.10. The first kappa shape index (κ1) is 22.2. The second kappa shape index (κ2) is 12.5. The maximum atomic E-state index is 12.9. The predicted octanol–water partition coefficient (Wildman–Crippen LogP) is 3.27. The molecule has 0 bridgehead atoms. The Morgan fingerprint density at radius 3 is 2.52 bits per heavy atom. The standard InChI is InChI=1S/C19H31FN4.HI/c1-3-21-19(22-11-10-17-6-8-18(20)9-7-17)23-14-16(2)15-24-12-4-5-13-24;/h6-9,16H,3-5,10-15H2,1-2H3,(H2,21,22,23);1H. The maximum absolute atomic E-state index is 12.9. The van der Waals surface area contributed by atoms with E-state index in [4.69, 9.17) is 4.99 Å². The average molecular weight is 462 g/mol. The zero-order valence-electron chi connectivity index (χ0n) is 15.4. The molecule has 1 heterocycles. The topological polar surface area (TPSA) is 39.7 Å². The monoisotopic (exact) mass is 462 g/mol. The van der Waals surface area contributed by atoms with Crippen molar-refractivity contribution in [3.8, 4) is 0 Å². The van der Waals surface area contributed by atoms with Crippen LogP contribution in [0.5, 0.6) is 0 Å². The summed E-state index contributed by atoms with van der Waals surface area (Å²) < 4.78 is 12.9. The lowest BCUT2D eigenvalue weighted by atomic mass is 10.1. The molecule has 0 saturated carbocycles. The number of aliphatic imine (C=N–C) groups is 1. The SMILES string of the molecule is CCNC(=NCC(C)CN1CCCC1)NCCc1ccc(F)cc1.I. The van der Waals surface area contributed by atoms with Crippen molar-refractivity contribution in [1.82, 2.24) is 15.5 Å². The fourth-order valence-electron chi connectivity index (χ4n) is 3.03. The quantitative estimate of drug-likeness (QED) is 0.354. The van der Waals surface area contributed by atoms with Crippen molar-refractivity contribution in [2.45, 2.75) is 33.1 Å². The number of hydrogen-bond acceptors (Lipinski definition) is 2. The molecule has 2 N–H and O–H groups in total. The van der Waals surface area contributed by atoms with Crippen molar-refractivity contribution >= 4 is 29.9 Å². The summed E-state index contributed by atoms with van der Waals surface area (Å²) in [5.74, 6) is 1.25. The zero-order chi connectivity index (χ0) is 17.2. The number of benzene rings is 1. The summed E-state index contributed by atoms with van der Waals surface area (Å²) in [7, 11) is 0. The van der Waals surface area contributed by atoms with Crippen LogP contribution in [-0.4, -0.2) is 50.1 Å². The molecule has 6 heteroatoms. The van der Waals surface area contributed by atoms with Gasteiger partial charge in [-0.15, -0.1) is 24.0 Å². The van der Waals surface area contributed by atoms with Gasteiger partial charge in [0.05, 0.1) is 0 Å². The number of hydrogen-bond donors (Lipinski definition) is 2. The molecule has 0 spiro atoms. The van der Waals surface area contributed by atoms with Gasteiger partial charge in [-0.25, -0.2) is 4.39 Å². The fraction of sp³-hybridized carbons (Fsp3) is 0.632. The molecular formula is C19H32FIN4. The van der Waals surface area contributed by atoms with Crippen LogP contribution in [-0.2, 0) is 6.42 Å². The normalized spacial score (nSPS) is 16.4. The van der Waals surface area contributed by atoms with E-state index in [-0.39, 0.29) is 29.8 Å². The Labute approximate surface area is 168 Å². The zero-order valence-corrected chi connectivity index (χ0v) is 17.8. The van der Waals surface area contributed by atoms with Crippen molar-refractivity contribution in [3.63, 3.8) is 0 Å². The molecule has 1 atom stereocenters. The third-order valence-corrected chi connectivity index (χ3v) is 4.29. The Bertz CT molecular complexity index is 501. The number of halogens is 2. The molecule has 0 amide bonds. The summed E-state index contributed by atoms with van der Waals surface area (Å²) >= 11 is 0. The predicted molar refractivity (Wildman–Crippen MR) is 114 cm³/mol. The van der Waals surface area contributed by atoms with Crippen LogP contribution in [0.1, 0.15) is 32.3 Å². The van der Waals surface area contributed by atoms with Crippen molar-refractivity contribution < 1.29 is 4.39 Å². The van der Waals surface area contributed by atoms with Crippen molar-refractivity contribution in [1.29, 1.82) is 0 Å². The number of rotatable bonds is 8.